The third-order valence-corrected chi connectivity index (χ3v) is 4.45. The highest BCUT2D eigenvalue weighted by Gasteiger charge is 2.36. The van der Waals surface area contributed by atoms with E-state index in [-0.39, 0.29) is 0 Å². The molecule has 1 atom stereocenters. The van der Waals surface area contributed by atoms with Crippen LogP contribution in [0, 0.1) is 11.3 Å². The number of rotatable bonds is 3. The van der Waals surface area contributed by atoms with Crippen LogP contribution in [0.2, 0.25) is 0 Å². The Morgan fingerprint density at radius 1 is 1.23 bits per heavy atom. The lowest BCUT2D eigenvalue weighted by Crippen LogP contribution is -2.40. The van der Waals surface area contributed by atoms with Gasteiger partial charge in [-0.05, 0) is 30.6 Å². The van der Waals surface area contributed by atoms with Crippen molar-refractivity contribution in [2.45, 2.75) is 64.3 Å². The first-order valence-electron chi connectivity index (χ1n) is 5.96. The summed E-state index contributed by atoms with van der Waals surface area (Å²) in [5.41, 5.74) is 6.82. The Labute approximate surface area is 82.1 Å². The molecular weight excluding hydrogens is 158 g/mol. The summed E-state index contributed by atoms with van der Waals surface area (Å²) in [6, 6.07) is 0.486. The molecule has 2 rings (SSSR count). The predicted octanol–water partition coefficient (Wildman–Crippen LogP) is 3.08. The number of hydrogen-bond donors (Lipinski definition) is 1. The molecule has 13 heavy (non-hydrogen) atoms. The van der Waals surface area contributed by atoms with Crippen LogP contribution in [0.15, 0.2) is 0 Å². The Balaban J connectivity index is 1.83. The lowest BCUT2D eigenvalue weighted by molar-refractivity contribution is 0.186. The summed E-state index contributed by atoms with van der Waals surface area (Å²) in [6.45, 7) is 2.41. The number of hydrogen-bond acceptors (Lipinski definition) is 1. The second-order valence-corrected chi connectivity index (χ2v) is 5.50. The van der Waals surface area contributed by atoms with Crippen LogP contribution in [0.1, 0.15) is 58.3 Å². The van der Waals surface area contributed by atoms with Gasteiger partial charge in [0.05, 0.1) is 0 Å². The van der Waals surface area contributed by atoms with Gasteiger partial charge in [0, 0.05) is 6.04 Å². The first-order valence-corrected chi connectivity index (χ1v) is 5.96. The largest absolute Gasteiger partial charge is 0.327 e. The SMILES string of the molecule is CC1(C(N)CC2CCC2)CCCC1. The molecule has 1 unspecified atom stereocenters. The van der Waals surface area contributed by atoms with Crippen LogP contribution in [0.5, 0.6) is 0 Å². The highest BCUT2D eigenvalue weighted by atomic mass is 14.7. The van der Waals surface area contributed by atoms with Crippen molar-refractivity contribution in [3.05, 3.63) is 0 Å². The van der Waals surface area contributed by atoms with Crippen molar-refractivity contribution in [1.29, 1.82) is 0 Å². The molecule has 1 heteroatoms. The van der Waals surface area contributed by atoms with Crippen LogP contribution in [-0.2, 0) is 0 Å². The van der Waals surface area contributed by atoms with E-state index in [1.54, 1.807) is 0 Å². The molecule has 2 aliphatic rings. The van der Waals surface area contributed by atoms with Crippen LogP contribution < -0.4 is 5.73 Å². The van der Waals surface area contributed by atoms with Gasteiger partial charge in [-0.1, -0.05) is 39.0 Å². The van der Waals surface area contributed by atoms with Crippen molar-refractivity contribution in [3.8, 4) is 0 Å². The van der Waals surface area contributed by atoms with E-state index in [0.29, 0.717) is 11.5 Å². The zero-order valence-electron chi connectivity index (χ0n) is 8.89. The van der Waals surface area contributed by atoms with Gasteiger partial charge in [-0.2, -0.15) is 0 Å². The maximum Gasteiger partial charge on any atom is 0.00955 e. The molecule has 0 saturated heterocycles. The van der Waals surface area contributed by atoms with E-state index in [0.717, 1.165) is 5.92 Å². The van der Waals surface area contributed by atoms with Crippen molar-refractivity contribution in [3.63, 3.8) is 0 Å². The van der Waals surface area contributed by atoms with Gasteiger partial charge in [-0.25, -0.2) is 0 Å². The van der Waals surface area contributed by atoms with E-state index in [4.69, 9.17) is 5.73 Å². The highest BCUT2D eigenvalue weighted by Crippen LogP contribution is 2.43. The zero-order valence-corrected chi connectivity index (χ0v) is 8.89. The van der Waals surface area contributed by atoms with Crippen LogP contribution in [-0.4, -0.2) is 6.04 Å². The average Bonchev–Trinajstić information content (AvgIpc) is 2.45. The van der Waals surface area contributed by atoms with Crippen LogP contribution in [0.3, 0.4) is 0 Å². The Morgan fingerprint density at radius 2 is 1.85 bits per heavy atom. The first kappa shape index (κ1) is 9.51. The summed E-state index contributed by atoms with van der Waals surface area (Å²) in [6.07, 6.45) is 11.2. The lowest BCUT2D eigenvalue weighted by Gasteiger charge is -2.36. The van der Waals surface area contributed by atoms with Gasteiger partial charge in [0.15, 0.2) is 0 Å². The second kappa shape index (κ2) is 3.61. The van der Waals surface area contributed by atoms with Crippen molar-refractivity contribution < 1.29 is 0 Å². The molecule has 0 aromatic carbocycles. The molecule has 2 fully saturated rings. The molecule has 0 spiro atoms. The molecule has 1 nitrogen and oxygen atoms in total. The topological polar surface area (TPSA) is 26.0 Å². The molecule has 0 aromatic heterocycles. The van der Waals surface area contributed by atoms with Gasteiger partial charge in [-0.15, -0.1) is 0 Å². The predicted molar refractivity (Wildman–Crippen MR) is 56.5 cm³/mol. The van der Waals surface area contributed by atoms with Crippen molar-refractivity contribution >= 4 is 0 Å². The fourth-order valence-corrected chi connectivity index (χ4v) is 2.93. The van der Waals surface area contributed by atoms with Crippen LogP contribution in [0.4, 0.5) is 0 Å². The summed E-state index contributed by atoms with van der Waals surface area (Å²) < 4.78 is 0. The summed E-state index contributed by atoms with van der Waals surface area (Å²) in [5.74, 6) is 0.979. The quantitative estimate of drug-likeness (QED) is 0.711. The minimum atomic E-state index is 0.486. The first-order chi connectivity index (χ1) is 6.21. The molecule has 0 bridgehead atoms. The molecule has 76 valence electrons. The van der Waals surface area contributed by atoms with E-state index in [9.17, 15) is 0 Å². The van der Waals surface area contributed by atoms with Crippen LogP contribution >= 0.6 is 0 Å². The Morgan fingerprint density at radius 3 is 2.31 bits per heavy atom. The monoisotopic (exact) mass is 181 g/mol. The Hall–Kier alpha value is -0.0400. The van der Waals surface area contributed by atoms with E-state index < -0.39 is 0 Å². The maximum atomic E-state index is 6.32. The van der Waals surface area contributed by atoms with Gasteiger partial charge < -0.3 is 5.73 Å². The minimum Gasteiger partial charge on any atom is -0.327 e. The summed E-state index contributed by atoms with van der Waals surface area (Å²) in [7, 11) is 0. The second-order valence-electron chi connectivity index (χ2n) is 5.50. The van der Waals surface area contributed by atoms with Crippen molar-refractivity contribution in [2.75, 3.05) is 0 Å². The molecule has 2 saturated carbocycles. The molecule has 2 aliphatic carbocycles. The Bertz CT molecular complexity index is 166. The summed E-state index contributed by atoms with van der Waals surface area (Å²) in [4.78, 5) is 0. The van der Waals surface area contributed by atoms with E-state index >= 15 is 0 Å². The number of nitrogens with two attached hydrogens (primary N) is 1. The summed E-state index contributed by atoms with van der Waals surface area (Å²) in [5, 5.41) is 0. The third kappa shape index (κ3) is 1.90. The molecular formula is C12H23N. The normalized spacial score (nSPS) is 30.0. The van der Waals surface area contributed by atoms with E-state index in [1.165, 1.54) is 51.4 Å². The van der Waals surface area contributed by atoms with Gasteiger partial charge in [0.2, 0.25) is 0 Å². The standard InChI is InChI=1S/C12H23N/c1-12(7-2-3-8-12)11(13)9-10-5-4-6-10/h10-11H,2-9,13H2,1H3. The van der Waals surface area contributed by atoms with E-state index in [1.807, 2.05) is 0 Å². The van der Waals surface area contributed by atoms with Crippen molar-refractivity contribution in [2.24, 2.45) is 17.1 Å². The van der Waals surface area contributed by atoms with Gasteiger partial charge in [0.25, 0.3) is 0 Å². The maximum absolute atomic E-state index is 6.32. The smallest absolute Gasteiger partial charge is 0.00955 e. The fourth-order valence-electron chi connectivity index (χ4n) is 2.93. The molecule has 0 aliphatic heterocycles. The molecule has 2 N–H and O–H groups in total. The molecule has 0 amide bonds. The lowest BCUT2D eigenvalue weighted by atomic mass is 9.72. The zero-order chi connectivity index (χ0) is 9.31. The van der Waals surface area contributed by atoms with E-state index in [2.05, 4.69) is 6.92 Å². The molecule has 0 heterocycles. The fraction of sp³-hybridized carbons (Fsp3) is 1.00. The highest BCUT2D eigenvalue weighted by molar-refractivity contribution is 4.91. The molecule has 0 radical (unpaired) electrons. The average molecular weight is 181 g/mol. The molecule has 0 aromatic rings. The van der Waals surface area contributed by atoms with Gasteiger partial charge in [0.1, 0.15) is 0 Å². The van der Waals surface area contributed by atoms with Crippen LogP contribution in [0.25, 0.3) is 0 Å². The Kier molecular flexibility index (Phi) is 2.64. The summed E-state index contributed by atoms with van der Waals surface area (Å²) >= 11 is 0. The third-order valence-electron chi connectivity index (χ3n) is 4.45. The van der Waals surface area contributed by atoms with Crippen molar-refractivity contribution in [1.82, 2.24) is 0 Å². The van der Waals surface area contributed by atoms with Gasteiger partial charge >= 0.3 is 0 Å². The minimum absolute atomic E-state index is 0.486. The van der Waals surface area contributed by atoms with Gasteiger partial charge in [-0.3, -0.25) is 0 Å².